The molecule has 2 amide bonds. The van der Waals surface area contributed by atoms with E-state index in [9.17, 15) is 9.59 Å². The summed E-state index contributed by atoms with van der Waals surface area (Å²) in [6.45, 7) is 12.8. The number of nitrogens with one attached hydrogen (secondary N) is 5. The molecular weight excluding hydrogens is 688 g/mol. The highest BCUT2D eigenvalue weighted by atomic mass is 35.5. The van der Waals surface area contributed by atoms with Gasteiger partial charge in [-0.25, -0.2) is 4.98 Å². The third-order valence-electron chi connectivity index (χ3n) is 8.80. The number of aryl methyl sites for hydroxylation is 3. The Bertz CT molecular complexity index is 1940. The van der Waals surface area contributed by atoms with Crippen LogP contribution in [0.3, 0.4) is 0 Å². The van der Waals surface area contributed by atoms with Crippen molar-refractivity contribution in [3.8, 4) is 0 Å². The summed E-state index contributed by atoms with van der Waals surface area (Å²) < 4.78 is 0. The molecule has 0 unspecified atom stereocenters. The lowest BCUT2D eigenvalue weighted by Gasteiger charge is -2.24. The Balaban J connectivity index is 1.15. The number of fused-ring (bicyclic) bond motifs is 1. The number of amides is 2. The average Bonchev–Trinajstić information content (AvgIpc) is 3.49. The summed E-state index contributed by atoms with van der Waals surface area (Å²) in [5.74, 6) is -0.0550. The van der Waals surface area contributed by atoms with Crippen molar-refractivity contribution in [3.05, 3.63) is 90.8 Å². The van der Waals surface area contributed by atoms with Gasteiger partial charge in [0.1, 0.15) is 22.7 Å². The molecule has 0 bridgehead atoms. The Labute approximate surface area is 306 Å². The van der Waals surface area contributed by atoms with Crippen LogP contribution in [0.1, 0.15) is 80.7 Å². The molecule has 1 aliphatic rings. The number of thiazole rings is 1. The predicted octanol–water partition coefficient (Wildman–Crippen LogP) is 8.44. The van der Waals surface area contributed by atoms with E-state index in [1.165, 1.54) is 22.7 Å². The highest BCUT2D eigenvalue weighted by Gasteiger charge is 2.34. The van der Waals surface area contributed by atoms with Crippen molar-refractivity contribution >= 4 is 79.3 Å². The molecule has 2 aromatic heterocycles. The molecule has 3 heterocycles. The number of nitrogens with zero attached hydrogens (tertiary/aromatic N) is 3. The van der Waals surface area contributed by atoms with Gasteiger partial charge in [-0.05, 0) is 96.2 Å². The summed E-state index contributed by atoms with van der Waals surface area (Å²) in [6.07, 6.45) is 2.58. The van der Waals surface area contributed by atoms with E-state index in [1.807, 2.05) is 77.1 Å². The third-order valence-corrected chi connectivity index (χ3v) is 11.2. The lowest BCUT2D eigenvalue weighted by Crippen LogP contribution is -2.42. The van der Waals surface area contributed by atoms with Crippen LogP contribution >= 0.6 is 34.3 Å². The van der Waals surface area contributed by atoms with E-state index in [-0.39, 0.29) is 29.9 Å². The zero-order valence-electron chi connectivity index (χ0n) is 29.2. The predicted molar refractivity (Wildman–Crippen MR) is 209 cm³/mol. The van der Waals surface area contributed by atoms with Crippen molar-refractivity contribution in [2.24, 2.45) is 4.99 Å². The van der Waals surface area contributed by atoms with Gasteiger partial charge in [0, 0.05) is 50.2 Å². The number of rotatable bonds is 12. The van der Waals surface area contributed by atoms with E-state index in [2.05, 4.69) is 20.9 Å². The number of halogens is 1. The monoisotopic (exact) mass is 730 g/mol. The van der Waals surface area contributed by atoms with Gasteiger partial charge in [0.25, 0.3) is 5.91 Å². The molecule has 2 aromatic carbocycles. The fourth-order valence-electron chi connectivity index (χ4n) is 5.78. The van der Waals surface area contributed by atoms with Crippen LogP contribution in [-0.4, -0.2) is 53.3 Å². The standard InChI is InChI=1S/C37H43ClN8O2S2/c1-20-23(4)49-36-32(20)33(26-13-15-27(38)16-14-26)44-30(34(40)46(36)25(6)39)19-31(47)42-18-9-7-8-17-41-29-12-10-11-28(21(29)2)35(48)45-37-43-22(3)24(5)50-37/h10-16,30,39-41H,7-9,17-19H2,1-6H3,(H,42,47)(H,43,45,48)/t30-/m0/s1. The highest BCUT2D eigenvalue weighted by Crippen LogP contribution is 2.40. The minimum Gasteiger partial charge on any atom is -0.385 e. The van der Waals surface area contributed by atoms with Crippen molar-refractivity contribution in [2.75, 3.05) is 28.6 Å². The van der Waals surface area contributed by atoms with Crippen LogP contribution in [-0.2, 0) is 4.79 Å². The number of aliphatic imine (C=N–C) groups is 1. The van der Waals surface area contributed by atoms with Crippen molar-refractivity contribution < 1.29 is 9.59 Å². The second kappa shape index (κ2) is 16.1. The van der Waals surface area contributed by atoms with Gasteiger partial charge in [-0.3, -0.25) is 35.6 Å². The van der Waals surface area contributed by atoms with Crippen LogP contribution in [0.2, 0.25) is 5.02 Å². The molecule has 13 heteroatoms. The number of amidine groups is 2. The van der Waals surface area contributed by atoms with E-state index < -0.39 is 6.04 Å². The van der Waals surface area contributed by atoms with E-state index >= 15 is 0 Å². The number of benzene rings is 2. The molecule has 0 fully saturated rings. The molecule has 4 aromatic rings. The van der Waals surface area contributed by atoms with Gasteiger partial charge in [0.15, 0.2) is 5.13 Å². The number of aromatic nitrogens is 1. The molecular formula is C37H43ClN8O2S2. The van der Waals surface area contributed by atoms with Crippen LogP contribution in [0.5, 0.6) is 0 Å². The van der Waals surface area contributed by atoms with E-state index in [1.54, 1.807) is 11.8 Å². The molecule has 1 aliphatic heterocycles. The summed E-state index contributed by atoms with van der Waals surface area (Å²) in [5.41, 5.74) is 6.79. The average molecular weight is 731 g/mol. The number of anilines is 3. The number of hydrogen-bond acceptors (Lipinski definition) is 9. The first-order valence-corrected chi connectivity index (χ1v) is 18.6. The summed E-state index contributed by atoms with van der Waals surface area (Å²) in [5, 5.41) is 29.0. The Morgan fingerprint density at radius 3 is 2.34 bits per heavy atom. The van der Waals surface area contributed by atoms with Gasteiger partial charge in [0.2, 0.25) is 5.91 Å². The summed E-state index contributed by atoms with van der Waals surface area (Å²) in [4.78, 5) is 39.3. The maximum absolute atomic E-state index is 13.2. The third kappa shape index (κ3) is 8.31. The van der Waals surface area contributed by atoms with Gasteiger partial charge in [-0.1, -0.05) is 29.8 Å². The SMILES string of the molecule is CC(=N)N1C(=N)[C@H](CC(=O)NCCCCCNc2cccc(C(=O)Nc3nc(C)c(C)s3)c2C)N=C(c2ccc(Cl)cc2)c2c1sc(C)c2C. The first kappa shape index (κ1) is 36.9. The fourth-order valence-corrected chi connectivity index (χ4v) is 7.94. The molecule has 0 spiro atoms. The first-order chi connectivity index (χ1) is 23.8. The van der Waals surface area contributed by atoms with Crippen LogP contribution in [0.4, 0.5) is 15.8 Å². The minimum atomic E-state index is -0.764. The minimum absolute atomic E-state index is 0.000809. The van der Waals surface area contributed by atoms with E-state index in [0.717, 1.165) is 74.2 Å². The molecule has 0 aliphatic carbocycles. The number of hydrogen-bond donors (Lipinski definition) is 5. The second-order valence-electron chi connectivity index (χ2n) is 12.4. The highest BCUT2D eigenvalue weighted by molar-refractivity contribution is 7.17. The molecule has 0 saturated carbocycles. The van der Waals surface area contributed by atoms with Gasteiger partial charge in [-0.15, -0.1) is 22.7 Å². The van der Waals surface area contributed by atoms with Crippen molar-refractivity contribution in [2.45, 2.75) is 73.3 Å². The Hall–Kier alpha value is -4.39. The summed E-state index contributed by atoms with van der Waals surface area (Å²) in [7, 11) is 0. The van der Waals surface area contributed by atoms with E-state index in [4.69, 9.17) is 27.4 Å². The van der Waals surface area contributed by atoms with Gasteiger partial charge in [-0.2, -0.15) is 0 Å². The lowest BCUT2D eigenvalue weighted by molar-refractivity contribution is -0.121. The number of thiophene rings is 1. The largest absolute Gasteiger partial charge is 0.385 e. The van der Waals surface area contributed by atoms with Gasteiger partial charge in [0.05, 0.1) is 17.8 Å². The quantitative estimate of drug-likeness (QED) is 0.0564. The second-order valence-corrected chi connectivity index (χ2v) is 15.2. The normalized spacial score (nSPS) is 14.1. The van der Waals surface area contributed by atoms with Crippen LogP contribution in [0.15, 0.2) is 47.5 Å². The smallest absolute Gasteiger partial charge is 0.257 e. The van der Waals surface area contributed by atoms with Crippen LogP contribution in [0.25, 0.3) is 0 Å². The zero-order valence-corrected chi connectivity index (χ0v) is 31.6. The lowest BCUT2D eigenvalue weighted by atomic mass is 9.99. The molecule has 5 rings (SSSR count). The molecule has 5 N–H and O–H groups in total. The Morgan fingerprint density at radius 2 is 1.66 bits per heavy atom. The number of unbranched alkanes of at least 4 members (excludes halogenated alkanes) is 2. The maximum atomic E-state index is 13.2. The van der Waals surface area contributed by atoms with Gasteiger partial charge < -0.3 is 10.6 Å². The van der Waals surface area contributed by atoms with E-state index in [0.29, 0.717) is 28.0 Å². The number of carbonyl (C=O) groups is 2. The molecule has 0 saturated heterocycles. The molecule has 262 valence electrons. The number of carbonyl (C=O) groups excluding carboxylic acids is 2. The molecule has 10 nitrogen and oxygen atoms in total. The summed E-state index contributed by atoms with van der Waals surface area (Å²) in [6, 6.07) is 12.3. The van der Waals surface area contributed by atoms with Crippen molar-refractivity contribution in [1.82, 2.24) is 10.3 Å². The maximum Gasteiger partial charge on any atom is 0.257 e. The van der Waals surface area contributed by atoms with Crippen LogP contribution in [0, 0.1) is 45.4 Å². The first-order valence-electron chi connectivity index (χ1n) is 16.6. The Kier molecular flexibility index (Phi) is 11.9. The summed E-state index contributed by atoms with van der Waals surface area (Å²) >= 11 is 9.19. The van der Waals surface area contributed by atoms with Gasteiger partial charge >= 0.3 is 0 Å². The molecule has 50 heavy (non-hydrogen) atoms. The fraction of sp³-hybridized carbons (Fsp3) is 0.351. The zero-order chi connectivity index (χ0) is 36.1. The van der Waals surface area contributed by atoms with Crippen molar-refractivity contribution in [1.29, 1.82) is 10.8 Å². The van der Waals surface area contributed by atoms with Crippen molar-refractivity contribution in [3.63, 3.8) is 0 Å². The molecule has 1 atom stereocenters. The molecule has 0 radical (unpaired) electrons. The Morgan fingerprint density at radius 1 is 0.940 bits per heavy atom. The van der Waals surface area contributed by atoms with Crippen LogP contribution < -0.4 is 20.9 Å². The topological polar surface area (TPSA) is 146 Å².